The fourth-order valence-electron chi connectivity index (χ4n) is 2.33. The minimum Gasteiger partial charge on any atom is -0.504 e. The van der Waals surface area contributed by atoms with E-state index in [0.717, 1.165) is 0 Å². The second kappa shape index (κ2) is 6.48. The van der Waals surface area contributed by atoms with Crippen molar-refractivity contribution in [1.29, 1.82) is 0 Å². The van der Waals surface area contributed by atoms with Crippen molar-refractivity contribution in [1.82, 2.24) is 0 Å². The average Bonchev–Trinajstić information content (AvgIpc) is 2.47. The summed E-state index contributed by atoms with van der Waals surface area (Å²) in [5.74, 6) is -2.12. The van der Waals surface area contributed by atoms with Crippen LogP contribution in [0.2, 0.25) is 0 Å². The molecule has 114 valence electrons. The van der Waals surface area contributed by atoms with Crippen molar-refractivity contribution in [3.05, 3.63) is 35.7 Å². The van der Waals surface area contributed by atoms with Gasteiger partial charge in [0.2, 0.25) is 5.75 Å². The van der Waals surface area contributed by atoms with Crippen molar-refractivity contribution in [2.75, 3.05) is 0 Å². The number of phenols is 3. The first-order valence-electron chi connectivity index (χ1n) is 6.91. The third kappa shape index (κ3) is 2.66. The van der Waals surface area contributed by atoms with Gasteiger partial charge in [0.15, 0.2) is 11.5 Å². The Kier molecular flexibility index (Phi) is 5.19. The quantitative estimate of drug-likeness (QED) is 0.691. The number of hydrogen-bond donors (Lipinski definition) is 3. The van der Waals surface area contributed by atoms with Gasteiger partial charge in [-0.05, 0) is 18.1 Å². The molecule has 0 unspecified atom stereocenters. The van der Waals surface area contributed by atoms with Gasteiger partial charge >= 0.3 is 0 Å². The third-order valence-corrected chi connectivity index (χ3v) is 3.20. The molecule has 0 saturated carbocycles. The summed E-state index contributed by atoms with van der Waals surface area (Å²) in [6.45, 7) is 11.2. The highest BCUT2D eigenvalue weighted by Gasteiger charge is 2.22. The lowest BCUT2D eigenvalue weighted by atomic mass is 9.90. The average molecular weight is 292 g/mol. The summed E-state index contributed by atoms with van der Waals surface area (Å²) in [6.07, 6.45) is 1.33. The number of hydrogen-bond acceptors (Lipinski definition) is 3. The Labute approximate surface area is 124 Å². The van der Waals surface area contributed by atoms with Gasteiger partial charge in [0.05, 0.1) is 0 Å². The molecule has 0 aliphatic rings. The lowest BCUT2D eigenvalue weighted by Crippen LogP contribution is -1.96. The third-order valence-electron chi connectivity index (χ3n) is 3.20. The highest BCUT2D eigenvalue weighted by atomic mass is 19.1. The minimum absolute atomic E-state index is 0.158. The Hall–Kier alpha value is -2.23. The maximum atomic E-state index is 13.8. The Morgan fingerprint density at radius 1 is 1.05 bits per heavy atom. The number of phenolic OH excluding ortho intramolecular Hbond substituents is 3. The van der Waals surface area contributed by atoms with E-state index in [1.165, 1.54) is 18.2 Å². The smallest absolute Gasteiger partial charge is 0.201 e. The molecule has 0 bridgehead atoms. The van der Waals surface area contributed by atoms with Crippen LogP contribution in [-0.2, 0) is 0 Å². The Balaban J connectivity index is 0.00000106. The SMILES string of the molecule is C=Cc1c(F)ccc2c(O)c(O)c(O)c(C(C)C)c12.CC. The minimum atomic E-state index is -0.585. The van der Waals surface area contributed by atoms with Crippen molar-refractivity contribution in [3.8, 4) is 17.2 Å². The number of aromatic hydroxyl groups is 3. The summed E-state index contributed by atoms with van der Waals surface area (Å²) in [6, 6.07) is 2.57. The van der Waals surface area contributed by atoms with E-state index in [1.54, 1.807) is 0 Å². The molecule has 0 heterocycles. The predicted molar refractivity (Wildman–Crippen MR) is 84.4 cm³/mol. The van der Waals surface area contributed by atoms with Crippen LogP contribution in [0.15, 0.2) is 18.7 Å². The fraction of sp³-hybridized carbons (Fsp3) is 0.294. The molecule has 0 aromatic heterocycles. The molecule has 3 N–H and O–H groups in total. The first-order valence-corrected chi connectivity index (χ1v) is 6.91. The van der Waals surface area contributed by atoms with Crippen LogP contribution in [0.5, 0.6) is 17.2 Å². The highest BCUT2D eigenvalue weighted by molar-refractivity contribution is 6.01. The van der Waals surface area contributed by atoms with Crippen LogP contribution in [0.3, 0.4) is 0 Å². The van der Waals surface area contributed by atoms with Crippen LogP contribution in [0.1, 0.15) is 44.7 Å². The molecule has 2 aromatic carbocycles. The van der Waals surface area contributed by atoms with Gasteiger partial charge in [0.1, 0.15) is 5.82 Å². The van der Waals surface area contributed by atoms with Crippen LogP contribution < -0.4 is 0 Å². The van der Waals surface area contributed by atoms with Crippen molar-refractivity contribution < 1.29 is 19.7 Å². The summed E-state index contributed by atoms with van der Waals surface area (Å²) in [5, 5.41) is 30.3. The zero-order valence-corrected chi connectivity index (χ0v) is 12.7. The summed E-state index contributed by atoms with van der Waals surface area (Å²) < 4.78 is 13.8. The van der Waals surface area contributed by atoms with Crippen molar-refractivity contribution in [2.24, 2.45) is 0 Å². The molecule has 0 amide bonds. The lowest BCUT2D eigenvalue weighted by molar-refractivity contribution is 0.367. The Morgan fingerprint density at radius 3 is 2.10 bits per heavy atom. The van der Waals surface area contributed by atoms with Crippen LogP contribution in [-0.4, -0.2) is 15.3 Å². The molecule has 0 radical (unpaired) electrons. The van der Waals surface area contributed by atoms with Crippen molar-refractivity contribution in [2.45, 2.75) is 33.6 Å². The van der Waals surface area contributed by atoms with Gasteiger partial charge in [0.25, 0.3) is 0 Å². The number of rotatable bonds is 2. The first-order chi connectivity index (χ1) is 9.90. The molecule has 21 heavy (non-hydrogen) atoms. The van der Waals surface area contributed by atoms with Crippen molar-refractivity contribution in [3.63, 3.8) is 0 Å². The molecule has 0 aliphatic heterocycles. The maximum Gasteiger partial charge on any atom is 0.201 e. The lowest BCUT2D eigenvalue weighted by Gasteiger charge is -2.17. The molecule has 0 spiro atoms. The van der Waals surface area contributed by atoms with Crippen LogP contribution in [0.25, 0.3) is 16.8 Å². The van der Waals surface area contributed by atoms with Gasteiger partial charge in [-0.3, -0.25) is 0 Å². The molecule has 2 rings (SSSR count). The van der Waals surface area contributed by atoms with E-state index in [2.05, 4.69) is 6.58 Å². The zero-order valence-electron chi connectivity index (χ0n) is 12.7. The van der Waals surface area contributed by atoms with E-state index in [1.807, 2.05) is 27.7 Å². The van der Waals surface area contributed by atoms with Crippen LogP contribution in [0, 0.1) is 5.82 Å². The highest BCUT2D eigenvalue weighted by Crippen LogP contribution is 2.48. The topological polar surface area (TPSA) is 60.7 Å². The van der Waals surface area contributed by atoms with Gasteiger partial charge in [-0.25, -0.2) is 4.39 Å². The largest absolute Gasteiger partial charge is 0.504 e. The Morgan fingerprint density at radius 2 is 1.62 bits per heavy atom. The molecule has 0 fully saturated rings. The van der Waals surface area contributed by atoms with E-state index >= 15 is 0 Å². The van der Waals surface area contributed by atoms with E-state index in [-0.39, 0.29) is 16.9 Å². The predicted octanol–water partition coefficient (Wildman–Crippen LogP) is 4.89. The van der Waals surface area contributed by atoms with Gasteiger partial charge in [0, 0.05) is 21.9 Å². The summed E-state index contributed by atoms with van der Waals surface area (Å²) in [4.78, 5) is 0. The summed E-state index contributed by atoms with van der Waals surface area (Å²) in [5.41, 5.74) is 0.589. The van der Waals surface area contributed by atoms with Crippen LogP contribution >= 0.6 is 0 Å². The summed E-state index contributed by atoms with van der Waals surface area (Å²) >= 11 is 0. The standard InChI is InChI=1S/C15H15FO3.C2H6/c1-4-8-10(16)6-5-9-12(8)11(7(2)3)14(18)15(19)13(9)17;1-2/h4-7,17-19H,1H2,2-3H3;1-2H3. The van der Waals surface area contributed by atoms with E-state index < -0.39 is 23.1 Å². The number of halogens is 1. The monoisotopic (exact) mass is 292 g/mol. The zero-order chi connectivity index (χ0) is 16.3. The van der Waals surface area contributed by atoms with Crippen LogP contribution in [0.4, 0.5) is 4.39 Å². The summed E-state index contributed by atoms with van der Waals surface area (Å²) in [7, 11) is 0. The van der Waals surface area contributed by atoms with E-state index in [4.69, 9.17) is 0 Å². The molecular formula is C17H21FO3. The normalized spacial score (nSPS) is 10.4. The second-order valence-electron chi connectivity index (χ2n) is 4.70. The second-order valence-corrected chi connectivity index (χ2v) is 4.70. The number of fused-ring (bicyclic) bond motifs is 1. The molecular weight excluding hydrogens is 271 g/mol. The molecule has 0 atom stereocenters. The first kappa shape index (κ1) is 16.8. The Bertz CT molecular complexity index is 676. The van der Waals surface area contributed by atoms with Gasteiger partial charge in [-0.2, -0.15) is 0 Å². The van der Waals surface area contributed by atoms with E-state index in [0.29, 0.717) is 10.9 Å². The molecule has 0 saturated heterocycles. The van der Waals surface area contributed by atoms with Crippen molar-refractivity contribution >= 4 is 16.8 Å². The van der Waals surface area contributed by atoms with Gasteiger partial charge in [-0.1, -0.05) is 40.3 Å². The molecule has 0 aliphatic carbocycles. The maximum absolute atomic E-state index is 13.8. The number of benzene rings is 2. The molecule has 3 nitrogen and oxygen atoms in total. The van der Waals surface area contributed by atoms with E-state index in [9.17, 15) is 19.7 Å². The van der Waals surface area contributed by atoms with Gasteiger partial charge < -0.3 is 15.3 Å². The fourth-order valence-corrected chi connectivity index (χ4v) is 2.33. The molecule has 2 aromatic rings. The van der Waals surface area contributed by atoms with Gasteiger partial charge in [-0.15, -0.1) is 0 Å². The molecule has 4 heteroatoms.